The van der Waals surface area contributed by atoms with Crippen molar-refractivity contribution in [2.24, 2.45) is 0 Å². The molecule has 5 rings (SSSR count). The summed E-state index contributed by atoms with van der Waals surface area (Å²) in [7, 11) is 1.49. The van der Waals surface area contributed by atoms with E-state index in [1.807, 2.05) is 25.1 Å². The van der Waals surface area contributed by atoms with E-state index in [9.17, 15) is 9.59 Å². The number of aromatic nitrogens is 2. The van der Waals surface area contributed by atoms with E-state index in [0.29, 0.717) is 56.5 Å². The molecular weight excluding hydrogens is 607 g/mol. The molecule has 11 heteroatoms. The van der Waals surface area contributed by atoms with E-state index >= 15 is 0 Å². The third-order valence-corrected chi connectivity index (χ3v) is 8.30. The zero-order valence-corrected chi connectivity index (χ0v) is 26.0. The molecule has 0 bridgehead atoms. The molecule has 8 nitrogen and oxygen atoms in total. The summed E-state index contributed by atoms with van der Waals surface area (Å²) in [6, 6.07) is 19.1. The SMILES string of the molecule is COc1cc(NC(=O)c2ccccc2Cl)ccc1C(=O)N1c2ccc(Cl)cc2CCCC1OCCSc1nccc(C)n1. The van der Waals surface area contributed by atoms with Crippen molar-refractivity contribution in [3.8, 4) is 5.75 Å². The van der Waals surface area contributed by atoms with Gasteiger partial charge >= 0.3 is 0 Å². The van der Waals surface area contributed by atoms with Gasteiger partial charge in [0, 0.05) is 40.1 Å². The van der Waals surface area contributed by atoms with Gasteiger partial charge in [-0.05, 0) is 80.3 Å². The number of aryl methyl sites for hydroxylation is 2. The van der Waals surface area contributed by atoms with Crippen LogP contribution in [0.25, 0.3) is 0 Å². The maximum absolute atomic E-state index is 14.3. The first-order chi connectivity index (χ1) is 20.8. The molecule has 4 aromatic rings. The Morgan fingerprint density at radius 3 is 2.70 bits per heavy atom. The second kappa shape index (κ2) is 14.2. The van der Waals surface area contributed by atoms with E-state index in [4.69, 9.17) is 32.7 Å². The molecule has 0 aliphatic carbocycles. The lowest BCUT2D eigenvalue weighted by molar-refractivity contribution is 0.0497. The van der Waals surface area contributed by atoms with Crippen molar-refractivity contribution >= 4 is 58.2 Å². The number of benzene rings is 3. The first-order valence-corrected chi connectivity index (χ1v) is 15.5. The number of carbonyl (C=O) groups is 2. The zero-order valence-electron chi connectivity index (χ0n) is 23.7. The third-order valence-electron chi connectivity index (χ3n) is 6.91. The average molecular weight is 638 g/mol. The number of hydrogen-bond acceptors (Lipinski definition) is 7. The molecule has 0 radical (unpaired) electrons. The molecule has 2 heterocycles. The number of thioether (sulfide) groups is 1. The van der Waals surface area contributed by atoms with Crippen LogP contribution in [0, 0.1) is 6.92 Å². The highest BCUT2D eigenvalue weighted by Crippen LogP contribution is 2.35. The standard InChI is InChI=1S/C32H30Cl2N4O4S/c1-20-14-15-35-32(36-20)43-17-16-42-29-9-5-6-21-18-22(33)10-13-27(21)38(29)31(40)25-12-11-23(19-28(25)41-2)37-30(39)24-7-3-4-8-26(24)34/h3-4,7-8,10-15,18-19,29H,5-6,9,16-17H2,1-2H3,(H,37,39). The van der Waals surface area contributed by atoms with Gasteiger partial charge in [0.25, 0.3) is 11.8 Å². The Balaban J connectivity index is 1.39. The zero-order chi connectivity index (χ0) is 30.3. The highest BCUT2D eigenvalue weighted by Gasteiger charge is 2.32. The van der Waals surface area contributed by atoms with Crippen molar-refractivity contribution in [3.63, 3.8) is 0 Å². The molecule has 0 saturated carbocycles. The highest BCUT2D eigenvalue weighted by atomic mass is 35.5. The minimum absolute atomic E-state index is 0.286. The number of halogens is 2. The van der Waals surface area contributed by atoms with Crippen LogP contribution in [0.3, 0.4) is 0 Å². The second-order valence-electron chi connectivity index (χ2n) is 9.84. The summed E-state index contributed by atoms with van der Waals surface area (Å²) in [4.78, 5) is 37.5. The van der Waals surface area contributed by atoms with E-state index in [-0.39, 0.29) is 11.8 Å². The van der Waals surface area contributed by atoms with Gasteiger partial charge in [0.15, 0.2) is 5.16 Å². The number of amides is 2. The normalized spacial score (nSPS) is 14.5. The Kier molecular flexibility index (Phi) is 10.2. The number of methoxy groups -OCH3 is 1. The molecular formula is C32H30Cl2N4O4S. The molecule has 1 N–H and O–H groups in total. The molecule has 0 saturated heterocycles. The molecule has 2 amide bonds. The summed E-state index contributed by atoms with van der Waals surface area (Å²) in [5, 5.41) is 4.47. The average Bonchev–Trinajstić information content (AvgIpc) is 3.17. The summed E-state index contributed by atoms with van der Waals surface area (Å²) >= 11 is 14.0. The Hall–Kier alpha value is -3.63. The molecule has 1 aliphatic rings. The van der Waals surface area contributed by atoms with Gasteiger partial charge in [0.2, 0.25) is 0 Å². The van der Waals surface area contributed by atoms with Crippen molar-refractivity contribution < 1.29 is 19.1 Å². The molecule has 1 aromatic heterocycles. The van der Waals surface area contributed by atoms with Gasteiger partial charge < -0.3 is 14.8 Å². The summed E-state index contributed by atoms with van der Waals surface area (Å²) in [5.74, 6) is 0.282. The topological polar surface area (TPSA) is 93.7 Å². The lowest BCUT2D eigenvalue weighted by Gasteiger charge is -2.32. The van der Waals surface area contributed by atoms with Gasteiger partial charge in [-0.1, -0.05) is 47.1 Å². The molecule has 1 atom stereocenters. The smallest absolute Gasteiger partial charge is 0.264 e. The fourth-order valence-electron chi connectivity index (χ4n) is 4.87. The van der Waals surface area contributed by atoms with Crippen molar-refractivity contribution in [3.05, 3.63) is 105 Å². The van der Waals surface area contributed by atoms with Crippen molar-refractivity contribution in [1.82, 2.24) is 9.97 Å². The lowest BCUT2D eigenvalue weighted by atomic mass is 10.1. The Labute approximate surface area is 264 Å². The van der Waals surface area contributed by atoms with Gasteiger partial charge in [-0.15, -0.1) is 0 Å². The van der Waals surface area contributed by atoms with Gasteiger partial charge in [0.05, 0.1) is 29.9 Å². The maximum Gasteiger partial charge on any atom is 0.264 e. The summed E-state index contributed by atoms with van der Waals surface area (Å²) < 4.78 is 12.0. The summed E-state index contributed by atoms with van der Waals surface area (Å²) in [6.07, 6.45) is 3.44. The third kappa shape index (κ3) is 7.48. The molecule has 222 valence electrons. The Morgan fingerprint density at radius 2 is 1.91 bits per heavy atom. The lowest BCUT2D eigenvalue weighted by Crippen LogP contribution is -2.42. The molecule has 43 heavy (non-hydrogen) atoms. The van der Waals surface area contributed by atoms with Crippen LogP contribution >= 0.6 is 35.0 Å². The summed E-state index contributed by atoms with van der Waals surface area (Å²) in [5.41, 5.74) is 3.75. The number of fused-ring (bicyclic) bond motifs is 1. The van der Waals surface area contributed by atoms with E-state index in [1.54, 1.807) is 59.6 Å². The quantitative estimate of drug-likeness (QED) is 0.116. The molecule has 0 spiro atoms. The highest BCUT2D eigenvalue weighted by molar-refractivity contribution is 7.99. The number of nitrogens with one attached hydrogen (secondary N) is 1. The number of carbonyl (C=O) groups excluding carboxylic acids is 2. The number of ether oxygens (including phenoxy) is 2. The minimum atomic E-state index is -0.515. The molecule has 3 aromatic carbocycles. The Morgan fingerprint density at radius 1 is 1.07 bits per heavy atom. The first kappa shape index (κ1) is 30.8. The molecule has 1 aliphatic heterocycles. The maximum atomic E-state index is 14.3. The monoisotopic (exact) mass is 636 g/mol. The van der Waals surface area contributed by atoms with E-state index < -0.39 is 6.23 Å². The number of hydrogen-bond donors (Lipinski definition) is 1. The fraction of sp³-hybridized carbons (Fsp3) is 0.250. The van der Waals surface area contributed by atoms with Crippen LogP contribution in [0.2, 0.25) is 10.0 Å². The molecule has 0 fully saturated rings. The second-order valence-corrected chi connectivity index (χ2v) is 11.7. The van der Waals surface area contributed by atoms with Crippen LogP contribution in [0.1, 0.15) is 44.8 Å². The van der Waals surface area contributed by atoms with Gasteiger partial charge in [0.1, 0.15) is 12.0 Å². The van der Waals surface area contributed by atoms with Gasteiger partial charge in [-0.3, -0.25) is 14.5 Å². The van der Waals surface area contributed by atoms with E-state index in [2.05, 4.69) is 15.3 Å². The predicted octanol–water partition coefficient (Wildman–Crippen LogP) is 7.47. The minimum Gasteiger partial charge on any atom is -0.496 e. The van der Waals surface area contributed by atoms with Crippen LogP contribution in [0.15, 0.2) is 78.1 Å². The molecule has 1 unspecified atom stereocenters. The van der Waals surface area contributed by atoms with Crippen LogP contribution in [-0.4, -0.2) is 47.5 Å². The van der Waals surface area contributed by atoms with Crippen LogP contribution in [0.5, 0.6) is 5.75 Å². The van der Waals surface area contributed by atoms with E-state index in [1.165, 1.54) is 18.9 Å². The number of nitrogens with zero attached hydrogens (tertiary/aromatic N) is 3. The van der Waals surface area contributed by atoms with Crippen molar-refractivity contribution in [2.75, 3.05) is 29.7 Å². The first-order valence-electron chi connectivity index (χ1n) is 13.7. The summed E-state index contributed by atoms with van der Waals surface area (Å²) in [6.45, 7) is 2.32. The Bertz CT molecular complexity index is 1640. The van der Waals surface area contributed by atoms with E-state index in [0.717, 1.165) is 29.8 Å². The number of anilines is 2. The van der Waals surface area contributed by atoms with Crippen molar-refractivity contribution in [2.45, 2.75) is 37.6 Å². The number of rotatable bonds is 9. The van der Waals surface area contributed by atoms with Gasteiger partial charge in [-0.25, -0.2) is 9.97 Å². The van der Waals surface area contributed by atoms with Crippen LogP contribution < -0.4 is 15.0 Å². The van der Waals surface area contributed by atoms with Crippen LogP contribution in [0.4, 0.5) is 11.4 Å². The predicted molar refractivity (Wildman–Crippen MR) is 171 cm³/mol. The van der Waals surface area contributed by atoms with Gasteiger partial charge in [-0.2, -0.15) is 0 Å². The fourth-order valence-corrected chi connectivity index (χ4v) is 5.99. The largest absolute Gasteiger partial charge is 0.496 e. The van der Waals surface area contributed by atoms with Crippen LogP contribution in [-0.2, 0) is 11.2 Å². The van der Waals surface area contributed by atoms with Crippen molar-refractivity contribution in [1.29, 1.82) is 0 Å².